The minimum absolute atomic E-state index is 0.0514. The van der Waals surface area contributed by atoms with Crippen LogP contribution in [-0.2, 0) is 6.54 Å². The second-order valence-electron chi connectivity index (χ2n) is 4.12. The second kappa shape index (κ2) is 5.32. The fraction of sp³-hybridized carbons (Fsp3) is 0.231. The zero-order chi connectivity index (χ0) is 14.0. The van der Waals surface area contributed by atoms with Crippen LogP contribution in [0.25, 0.3) is 11.1 Å². The number of hydrogen-bond acceptors (Lipinski definition) is 3. The van der Waals surface area contributed by atoms with Gasteiger partial charge in [0.05, 0.1) is 0 Å². The average molecular weight is 281 g/mol. The van der Waals surface area contributed by atoms with Crippen LogP contribution in [0.4, 0.5) is 0 Å². The van der Waals surface area contributed by atoms with Crippen LogP contribution in [0.5, 0.6) is 5.88 Å². The molecule has 0 spiro atoms. The van der Waals surface area contributed by atoms with E-state index in [2.05, 4.69) is 4.98 Å². The maximum absolute atomic E-state index is 11.9. The van der Waals surface area contributed by atoms with Crippen LogP contribution in [0.1, 0.15) is 13.3 Å². The number of halogens is 1. The van der Waals surface area contributed by atoms with E-state index in [4.69, 9.17) is 11.6 Å². The quantitative estimate of drug-likeness (QED) is 0.903. The molecule has 0 fully saturated rings. The highest BCUT2D eigenvalue weighted by atomic mass is 35.5. The summed E-state index contributed by atoms with van der Waals surface area (Å²) in [6, 6.07) is 6.55. The van der Waals surface area contributed by atoms with Crippen molar-refractivity contribution in [2.75, 3.05) is 0 Å². The molecule has 2 aromatic rings. The summed E-state index contributed by atoms with van der Waals surface area (Å²) in [4.78, 5) is 25.7. The number of nitrogens with one attached hydrogen (secondary N) is 1. The molecule has 5 nitrogen and oxygen atoms in total. The minimum atomic E-state index is -0.628. The van der Waals surface area contributed by atoms with E-state index < -0.39 is 11.2 Å². The Bertz CT molecular complexity index is 719. The first-order valence-corrected chi connectivity index (χ1v) is 6.24. The normalized spacial score (nSPS) is 10.6. The van der Waals surface area contributed by atoms with Crippen LogP contribution in [0, 0.1) is 0 Å². The predicted molar refractivity (Wildman–Crippen MR) is 73.7 cm³/mol. The Balaban J connectivity index is 2.73. The lowest BCUT2D eigenvalue weighted by molar-refractivity contribution is 0.401. The zero-order valence-electron chi connectivity index (χ0n) is 10.3. The van der Waals surface area contributed by atoms with Gasteiger partial charge in [-0.05, 0) is 24.1 Å². The SMILES string of the molecule is CCCn1c(O)c(-c2cccc(Cl)c2)c(=O)[nH]c1=O. The van der Waals surface area contributed by atoms with Gasteiger partial charge in [-0.25, -0.2) is 4.79 Å². The highest BCUT2D eigenvalue weighted by Gasteiger charge is 2.15. The Morgan fingerprint density at radius 1 is 1.37 bits per heavy atom. The van der Waals surface area contributed by atoms with Gasteiger partial charge in [0.25, 0.3) is 5.56 Å². The fourth-order valence-corrected chi connectivity index (χ4v) is 2.09. The molecule has 0 aliphatic rings. The first-order chi connectivity index (χ1) is 9.04. The number of benzene rings is 1. The van der Waals surface area contributed by atoms with Gasteiger partial charge in [-0.2, -0.15) is 0 Å². The van der Waals surface area contributed by atoms with Gasteiger partial charge in [0.2, 0.25) is 5.88 Å². The minimum Gasteiger partial charge on any atom is -0.494 e. The number of hydrogen-bond donors (Lipinski definition) is 2. The summed E-state index contributed by atoms with van der Waals surface area (Å²) < 4.78 is 1.14. The molecule has 0 saturated heterocycles. The van der Waals surface area contributed by atoms with Crippen molar-refractivity contribution in [3.63, 3.8) is 0 Å². The summed E-state index contributed by atoms with van der Waals surface area (Å²) in [5.74, 6) is -0.335. The van der Waals surface area contributed by atoms with E-state index in [1.54, 1.807) is 24.3 Å². The lowest BCUT2D eigenvalue weighted by atomic mass is 10.1. The third kappa shape index (κ3) is 2.56. The fourth-order valence-electron chi connectivity index (χ4n) is 1.90. The maximum Gasteiger partial charge on any atom is 0.331 e. The maximum atomic E-state index is 11.9. The molecule has 0 aliphatic carbocycles. The number of aromatic amines is 1. The molecule has 1 heterocycles. The summed E-state index contributed by atoms with van der Waals surface area (Å²) in [7, 11) is 0. The molecule has 0 aliphatic heterocycles. The molecule has 0 bridgehead atoms. The van der Waals surface area contributed by atoms with E-state index in [0.29, 0.717) is 23.6 Å². The van der Waals surface area contributed by atoms with E-state index >= 15 is 0 Å². The average Bonchev–Trinajstić information content (AvgIpc) is 2.34. The molecule has 100 valence electrons. The van der Waals surface area contributed by atoms with Crippen molar-refractivity contribution in [3.05, 3.63) is 50.1 Å². The lowest BCUT2D eigenvalue weighted by Crippen LogP contribution is -2.30. The van der Waals surface area contributed by atoms with Crippen LogP contribution in [0.2, 0.25) is 5.02 Å². The zero-order valence-corrected chi connectivity index (χ0v) is 11.1. The van der Waals surface area contributed by atoms with Crippen LogP contribution in [0.15, 0.2) is 33.9 Å². The first-order valence-electron chi connectivity index (χ1n) is 5.86. The topological polar surface area (TPSA) is 75.1 Å². The summed E-state index contributed by atoms with van der Waals surface area (Å²) in [5.41, 5.74) is -0.723. The first kappa shape index (κ1) is 13.4. The molecule has 0 saturated carbocycles. The molecule has 0 atom stereocenters. The van der Waals surface area contributed by atoms with Crippen molar-refractivity contribution in [2.45, 2.75) is 19.9 Å². The lowest BCUT2D eigenvalue weighted by Gasteiger charge is -2.10. The van der Waals surface area contributed by atoms with Gasteiger partial charge in [0.15, 0.2) is 0 Å². The van der Waals surface area contributed by atoms with E-state index in [1.807, 2.05) is 6.92 Å². The third-order valence-corrected chi connectivity index (χ3v) is 2.97. The molecule has 0 amide bonds. The van der Waals surface area contributed by atoms with Crippen molar-refractivity contribution in [3.8, 4) is 17.0 Å². The molecule has 2 N–H and O–H groups in total. The van der Waals surface area contributed by atoms with E-state index in [9.17, 15) is 14.7 Å². The Morgan fingerprint density at radius 3 is 2.74 bits per heavy atom. The molecule has 1 aromatic carbocycles. The van der Waals surface area contributed by atoms with Crippen LogP contribution in [-0.4, -0.2) is 14.7 Å². The van der Waals surface area contributed by atoms with Crippen LogP contribution >= 0.6 is 11.6 Å². The largest absolute Gasteiger partial charge is 0.494 e. The Kier molecular flexibility index (Phi) is 3.76. The summed E-state index contributed by atoms with van der Waals surface area (Å²) >= 11 is 5.87. The number of aromatic nitrogens is 2. The number of H-pyrrole nitrogens is 1. The standard InChI is InChI=1S/C13H13ClN2O3/c1-2-6-16-12(18)10(11(17)15-13(16)19)8-4-3-5-9(14)7-8/h3-5,7,18H,2,6H2,1H3,(H,15,17,19). The van der Waals surface area contributed by atoms with Gasteiger partial charge in [-0.3, -0.25) is 14.3 Å². The van der Waals surface area contributed by atoms with Gasteiger partial charge in [0, 0.05) is 11.6 Å². The Morgan fingerprint density at radius 2 is 2.11 bits per heavy atom. The van der Waals surface area contributed by atoms with Gasteiger partial charge < -0.3 is 5.11 Å². The van der Waals surface area contributed by atoms with Crippen molar-refractivity contribution in [2.24, 2.45) is 0 Å². The van der Waals surface area contributed by atoms with E-state index in [1.165, 1.54) is 0 Å². The van der Waals surface area contributed by atoms with Crippen molar-refractivity contribution in [1.82, 2.24) is 9.55 Å². The molecule has 6 heteroatoms. The highest BCUT2D eigenvalue weighted by molar-refractivity contribution is 6.30. The monoisotopic (exact) mass is 280 g/mol. The smallest absolute Gasteiger partial charge is 0.331 e. The molecule has 19 heavy (non-hydrogen) atoms. The van der Waals surface area contributed by atoms with Crippen molar-refractivity contribution >= 4 is 11.6 Å². The molecular weight excluding hydrogens is 268 g/mol. The van der Waals surface area contributed by atoms with Gasteiger partial charge in [-0.1, -0.05) is 30.7 Å². The predicted octanol–water partition coefficient (Wildman–Crippen LogP) is 1.97. The number of aromatic hydroxyl groups is 1. The third-order valence-electron chi connectivity index (χ3n) is 2.73. The van der Waals surface area contributed by atoms with Gasteiger partial charge in [-0.15, -0.1) is 0 Å². The summed E-state index contributed by atoms with van der Waals surface area (Å²) in [5, 5.41) is 10.6. The van der Waals surface area contributed by atoms with E-state index in [-0.39, 0.29) is 11.4 Å². The van der Waals surface area contributed by atoms with Crippen LogP contribution in [0.3, 0.4) is 0 Å². The summed E-state index contributed by atoms with van der Waals surface area (Å²) in [6.07, 6.45) is 0.661. The molecular formula is C13H13ClN2O3. The summed E-state index contributed by atoms with van der Waals surface area (Å²) in [6.45, 7) is 2.20. The second-order valence-corrected chi connectivity index (χ2v) is 4.56. The van der Waals surface area contributed by atoms with Crippen LogP contribution < -0.4 is 11.2 Å². The van der Waals surface area contributed by atoms with Gasteiger partial charge in [0.1, 0.15) is 5.56 Å². The number of rotatable bonds is 3. The van der Waals surface area contributed by atoms with E-state index in [0.717, 1.165) is 4.57 Å². The highest BCUT2D eigenvalue weighted by Crippen LogP contribution is 2.26. The molecule has 0 radical (unpaired) electrons. The number of nitrogens with zero attached hydrogens (tertiary/aromatic N) is 1. The van der Waals surface area contributed by atoms with Crippen molar-refractivity contribution < 1.29 is 5.11 Å². The Labute approximate surface area is 114 Å². The Hall–Kier alpha value is -2.01. The van der Waals surface area contributed by atoms with Gasteiger partial charge >= 0.3 is 5.69 Å². The van der Waals surface area contributed by atoms with Crippen molar-refractivity contribution in [1.29, 1.82) is 0 Å². The molecule has 0 unspecified atom stereocenters. The molecule has 2 rings (SSSR count). The molecule has 1 aromatic heterocycles.